The van der Waals surface area contributed by atoms with Crippen LogP contribution in [0.4, 0.5) is 13.2 Å². The Labute approximate surface area is 194 Å². The van der Waals surface area contributed by atoms with E-state index >= 15 is 0 Å². The molecule has 0 spiro atoms. The molecule has 2 unspecified atom stereocenters. The highest BCUT2D eigenvalue weighted by molar-refractivity contribution is 5.94. The minimum absolute atomic E-state index is 0.0154. The fraction of sp³-hybridized carbons (Fsp3) is 0.417. The summed E-state index contributed by atoms with van der Waals surface area (Å²) in [5.41, 5.74) is 0.930. The van der Waals surface area contributed by atoms with Crippen LogP contribution in [0.25, 0.3) is 11.2 Å². The number of carbonyl (C=O) groups excluding carboxylic acids is 2. The Kier molecular flexibility index (Phi) is 5.75. The van der Waals surface area contributed by atoms with E-state index in [1.54, 1.807) is 11.1 Å². The van der Waals surface area contributed by atoms with Crippen LogP contribution in [-0.2, 0) is 11.0 Å². The van der Waals surface area contributed by atoms with E-state index in [0.29, 0.717) is 38.1 Å². The third-order valence-electron chi connectivity index (χ3n) is 6.68. The van der Waals surface area contributed by atoms with E-state index in [0.717, 1.165) is 29.9 Å². The Bertz CT molecular complexity index is 1170. The first-order valence-electron chi connectivity index (χ1n) is 11.4. The van der Waals surface area contributed by atoms with Gasteiger partial charge in [0.2, 0.25) is 5.91 Å². The summed E-state index contributed by atoms with van der Waals surface area (Å²) in [6.07, 6.45) is -0.595. The maximum atomic E-state index is 13.2. The van der Waals surface area contributed by atoms with E-state index < -0.39 is 11.7 Å². The molecule has 2 aromatic heterocycles. The number of carbonyl (C=O) groups is 2. The maximum absolute atomic E-state index is 13.2. The lowest BCUT2D eigenvalue weighted by atomic mass is 9.95. The van der Waals surface area contributed by atoms with Gasteiger partial charge in [-0.1, -0.05) is 0 Å². The molecule has 5 rings (SSSR count). The molecule has 2 saturated heterocycles. The largest absolute Gasteiger partial charge is 0.416 e. The Morgan fingerprint density at radius 3 is 2.53 bits per heavy atom. The van der Waals surface area contributed by atoms with Crippen LogP contribution in [0.3, 0.4) is 0 Å². The number of likely N-dealkylation sites (tertiary alicyclic amines) is 2. The van der Waals surface area contributed by atoms with Crippen LogP contribution in [-0.4, -0.2) is 62.7 Å². The van der Waals surface area contributed by atoms with Crippen LogP contribution >= 0.6 is 0 Å². The Morgan fingerprint density at radius 1 is 1.00 bits per heavy atom. The molecular weight excluding hydrogens is 447 g/mol. The lowest BCUT2D eigenvalue weighted by Crippen LogP contribution is -2.46. The number of halogens is 3. The van der Waals surface area contributed by atoms with Gasteiger partial charge in [-0.3, -0.25) is 9.59 Å². The number of imidazole rings is 1. The average molecular weight is 471 g/mol. The molecule has 4 heterocycles. The molecule has 10 heteroatoms. The summed E-state index contributed by atoms with van der Waals surface area (Å²) in [4.78, 5) is 41.6. The number of benzene rings is 1. The second-order valence-electron chi connectivity index (χ2n) is 8.93. The number of piperidine rings is 1. The van der Waals surface area contributed by atoms with Crippen molar-refractivity contribution in [3.8, 4) is 0 Å². The van der Waals surface area contributed by atoms with Crippen LogP contribution in [0.15, 0.2) is 42.6 Å². The number of aromatic amines is 1. The molecule has 0 bridgehead atoms. The SMILES string of the molecule is O=C(c1ccc(C(F)(F)F)cc1)N1CCCC(C(=O)N2CCC(c3nc4ncccc4[nH]3)C2)C1. The molecule has 7 nitrogen and oxygen atoms in total. The maximum Gasteiger partial charge on any atom is 0.416 e. The number of fused-ring (bicyclic) bond motifs is 1. The normalized spacial score (nSPS) is 21.3. The summed E-state index contributed by atoms with van der Waals surface area (Å²) in [7, 11) is 0. The van der Waals surface area contributed by atoms with Crippen LogP contribution in [0, 0.1) is 5.92 Å². The van der Waals surface area contributed by atoms with Crippen molar-refractivity contribution in [2.24, 2.45) is 5.92 Å². The number of hydrogen-bond acceptors (Lipinski definition) is 4. The fourth-order valence-electron chi connectivity index (χ4n) is 4.85. The van der Waals surface area contributed by atoms with Crippen molar-refractivity contribution in [1.29, 1.82) is 0 Å². The zero-order chi connectivity index (χ0) is 23.9. The molecule has 2 fully saturated rings. The molecule has 2 aliphatic heterocycles. The van der Waals surface area contributed by atoms with Gasteiger partial charge in [0.15, 0.2) is 5.65 Å². The van der Waals surface area contributed by atoms with Gasteiger partial charge < -0.3 is 14.8 Å². The highest BCUT2D eigenvalue weighted by atomic mass is 19.4. The molecule has 34 heavy (non-hydrogen) atoms. The van der Waals surface area contributed by atoms with Crippen LogP contribution in [0.1, 0.15) is 46.9 Å². The number of nitrogens with one attached hydrogen (secondary N) is 1. The minimum Gasteiger partial charge on any atom is -0.342 e. The van der Waals surface area contributed by atoms with E-state index in [2.05, 4.69) is 15.0 Å². The second kappa shape index (κ2) is 8.73. The third kappa shape index (κ3) is 4.36. The summed E-state index contributed by atoms with van der Waals surface area (Å²) in [6.45, 7) is 1.94. The average Bonchev–Trinajstić information content (AvgIpc) is 3.50. The molecular formula is C24H24F3N5O2. The molecule has 178 valence electrons. The monoisotopic (exact) mass is 471 g/mol. The number of amides is 2. The van der Waals surface area contributed by atoms with Gasteiger partial charge in [-0.15, -0.1) is 0 Å². The first-order valence-corrected chi connectivity index (χ1v) is 11.4. The third-order valence-corrected chi connectivity index (χ3v) is 6.68. The van der Waals surface area contributed by atoms with Gasteiger partial charge in [-0.2, -0.15) is 13.2 Å². The van der Waals surface area contributed by atoms with E-state index in [-0.39, 0.29) is 35.8 Å². The van der Waals surface area contributed by atoms with Crippen molar-refractivity contribution in [3.05, 3.63) is 59.5 Å². The number of nitrogens with zero attached hydrogens (tertiary/aromatic N) is 4. The zero-order valence-electron chi connectivity index (χ0n) is 18.4. The van der Waals surface area contributed by atoms with Crippen molar-refractivity contribution < 1.29 is 22.8 Å². The molecule has 0 radical (unpaired) electrons. The van der Waals surface area contributed by atoms with Gasteiger partial charge in [-0.25, -0.2) is 9.97 Å². The molecule has 2 amide bonds. The van der Waals surface area contributed by atoms with E-state index in [4.69, 9.17) is 0 Å². The van der Waals surface area contributed by atoms with Gasteiger partial charge in [0.25, 0.3) is 5.91 Å². The number of rotatable bonds is 3. The minimum atomic E-state index is -4.45. The molecule has 1 aromatic carbocycles. The lowest BCUT2D eigenvalue weighted by molar-refractivity contribution is -0.138. The lowest BCUT2D eigenvalue weighted by Gasteiger charge is -2.34. The van der Waals surface area contributed by atoms with Crippen molar-refractivity contribution in [3.63, 3.8) is 0 Å². The predicted octanol–water partition coefficient (Wildman–Crippen LogP) is 3.85. The van der Waals surface area contributed by atoms with Crippen molar-refractivity contribution in [1.82, 2.24) is 24.8 Å². The smallest absolute Gasteiger partial charge is 0.342 e. The number of aromatic nitrogens is 3. The van der Waals surface area contributed by atoms with Gasteiger partial charge in [0, 0.05) is 43.9 Å². The number of H-pyrrole nitrogens is 1. The van der Waals surface area contributed by atoms with Gasteiger partial charge in [0.1, 0.15) is 5.82 Å². The van der Waals surface area contributed by atoms with Crippen molar-refractivity contribution >= 4 is 23.0 Å². The topological polar surface area (TPSA) is 82.2 Å². The first kappa shape index (κ1) is 22.4. The number of hydrogen-bond donors (Lipinski definition) is 1. The molecule has 0 saturated carbocycles. The van der Waals surface area contributed by atoms with Crippen LogP contribution < -0.4 is 0 Å². The highest BCUT2D eigenvalue weighted by Gasteiger charge is 2.36. The Morgan fingerprint density at radius 2 is 1.79 bits per heavy atom. The quantitative estimate of drug-likeness (QED) is 0.629. The van der Waals surface area contributed by atoms with Gasteiger partial charge >= 0.3 is 6.18 Å². The van der Waals surface area contributed by atoms with Gasteiger partial charge in [0.05, 0.1) is 17.0 Å². The Balaban J connectivity index is 1.22. The summed E-state index contributed by atoms with van der Waals surface area (Å²) in [5, 5.41) is 0. The van der Waals surface area contributed by atoms with Crippen molar-refractivity contribution in [2.45, 2.75) is 31.4 Å². The van der Waals surface area contributed by atoms with Crippen molar-refractivity contribution in [2.75, 3.05) is 26.2 Å². The highest BCUT2D eigenvalue weighted by Crippen LogP contribution is 2.31. The predicted molar refractivity (Wildman–Crippen MR) is 118 cm³/mol. The summed E-state index contributed by atoms with van der Waals surface area (Å²) in [6, 6.07) is 7.99. The van der Waals surface area contributed by atoms with E-state index in [1.165, 1.54) is 12.1 Å². The Hall–Kier alpha value is -3.43. The first-order chi connectivity index (χ1) is 16.3. The van der Waals surface area contributed by atoms with Crippen LogP contribution in [0.2, 0.25) is 0 Å². The molecule has 2 atom stereocenters. The number of alkyl halides is 3. The van der Waals surface area contributed by atoms with Gasteiger partial charge in [-0.05, 0) is 55.7 Å². The molecule has 2 aliphatic rings. The summed E-state index contributed by atoms with van der Waals surface area (Å²) in [5.74, 6) is 0.281. The molecule has 0 aliphatic carbocycles. The van der Waals surface area contributed by atoms with Crippen LogP contribution in [0.5, 0.6) is 0 Å². The fourth-order valence-corrected chi connectivity index (χ4v) is 4.85. The van der Waals surface area contributed by atoms with E-state index in [1.807, 2.05) is 17.0 Å². The molecule has 1 N–H and O–H groups in total. The molecule has 3 aromatic rings. The number of pyridine rings is 1. The zero-order valence-corrected chi connectivity index (χ0v) is 18.4. The standard InChI is InChI=1S/C24H24F3N5O2/c25-24(26,27)18-7-5-15(6-8-18)22(33)31-11-2-3-17(14-31)23(34)32-12-9-16(13-32)20-29-19-4-1-10-28-21(19)30-20/h1,4-8,10,16-17H,2-3,9,11-14H2,(H,28,29,30). The second-order valence-corrected chi connectivity index (χ2v) is 8.93. The summed E-state index contributed by atoms with van der Waals surface area (Å²) >= 11 is 0. The summed E-state index contributed by atoms with van der Waals surface area (Å²) < 4.78 is 38.4. The van der Waals surface area contributed by atoms with E-state index in [9.17, 15) is 22.8 Å².